The Balaban J connectivity index is 3.13. The van der Waals surface area contributed by atoms with Crippen molar-refractivity contribution in [1.29, 1.82) is 0 Å². The van der Waals surface area contributed by atoms with Gasteiger partial charge in [-0.05, 0) is 17.9 Å². The SMILES string of the molecule is CCC(C)(C)CNc1cc(C(=O)O)c([N+](=O)[O-])cc1F. The summed E-state index contributed by atoms with van der Waals surface area (Å²) in [6.45, 7) is 6.36. The van der Waals surface area contributed by atoms with Gasteiger partial charge in [-0.25, -0.2) is 9.18 Å². The molecule has 1 rings (SSSR count). The molecule has 1 aromatic carbocycles. The van der Waals surface area contributed by atoms with Gasteiger partial charge in [0.25, 0.3) is 5.69 Å². The first kappa shape index (κ1) is 15.9. The van der Waals surface area contributed by atoms with Gasteiger partial charge in [-0.1, -0.05) is 20.8 Å². The Labute approximate surface area is 115 Å². The lowest BCUT2D eigenvalue weighted by Gasteiger charge is -2.23. The van der Waals surface area contributed by atoms with E-state index in [4.69, 9.17) is 5.11 Å². The maximum Gasteiger partial charge on any atom is 0.342 e. The molecule has 110 valence electrons. The minimum Gasteiger partial charge on any atom is -0.477 e. The quantitative estimate of drug-likeness (QED) is 0.617. The van der Waals surface area contributed by atoms with Gasteiger partial charge in [0.05, 0.1) is 16.7 Å². The van der Waals surface area contributed by atoms with Crippen LogP contribution in [0.25, 0.3) is 0 Å². The number of rotatable bonds is 6. The third-order valence-electron chi connectivity index (χ3n) is 3.23. The molecule has 0 saturated carbocycles. The van der Waals surface area contributed by atoms with Gasteiger partial charge in [0, 0.05) is 6.54 Å². The van der Waals surface area contributed by atoms with Crippen LogP contribution in [0.2, 0.25) is 0 Å². The standard InChI is InChI=1S/C13H17FN2O4/c1-4-13(2,3)7-15-10-5-8(12(17)18)11(16(19)20)6-9(10)14/h5-6,15H,4,7H2,1-3H3,(H,17,18). The number of nitro benzene ring substituents is 1. The molecular weight excluding hydrogens is 267 g/mol. The highest BCUT2D eigenvalue weighted by molar-refractivity contribution is 5.93. The number of hydrogen-bond acceptors (Lipinski definition) is 4. The summed E-state index contributed by atoms with van der Waals surface area (Å²) in [5.74, 6) is -2.30. The molecule has 0 aromatic heterocycles. The molecule has 0 radical (unpaired) electrons. The van der Waals surface area contributed by atoms with Crippen molar-refractivity contribution in [3.8, 4) is 0 Å². The van der Waals surface area contributed by atoms with Crippen LogP contribution >= 0.6 is 0 Å². The van der Waals surface area contributed by atoms with Gasteiger partial charge in [0.15, 0.2) is 5.82 Å². The summed E-state index contributed by atoms with van der Waals surface area (Å²) < 4.78 is 13.8. The molecule has 0 atom stereocenters. The average molecular weight is 284 g/mol. The van der Waals surface area contributed by atoms with Gasteiger partial charge in [0.2, 0.25) is 0 Å². The molecule has 0 saturated heterocycles. The highest BCUT2D eigenvalue weighted by atomic mass is 19.1. The Morgan fingerprint density at radius 2 is 2.10 bits per heavy atom. The van der Waals surface area contributed by atoms with Crippen molar-refractivity contribution >= 4 is 17.3 Å². The summed E-state index contributed by atoms with van der Waals surface area (Å²) in [7, 11) is 0. The fourth-order valence-corrected chi connectivity index (χ4v) is 1.48. The molecule has 7 heteroatoms. The van der Waals surface area contributed by atoms with Crippen LogP contribution < -0.4 is 5.32 Å². The minimum atomic E-state index is -1.46. The summed E-state index contributed by atoms with van der Waals surface area (Å²) in [5.41, 5.74) is -1.43. The van der Waals surface area contributed by atoms with E-state index in [-0.39, 0.29) is 11.1 Å². The molecule has 6 nitrogen and oxygen atoms in total. The third kappa shape index (κ3) is 3.66. The van der Waals surface area contributed by atoms with E-state index in [1.807, 2.05) is 20.8 Å². The lowest BCUT2D eigenvalue weighted by atomic mass is 9.90. The first-order valence-electron chi connectivity index (χ1n) is 6.13. The van der Waals surface area contributed by atoms with Crippen LogP contribution in [-0.2, 0) is 0 Å². The molecule has 20 heavy (non-hydrogen) atoms. The molecule has 0 fully saturated rings. The van der Waals surface area contributed by atoms with Crippen LogP contribution in [0, 0.1) is 21.3 Å². The zero-order valence-corrected chi connectivity index (χ0v) is 11.6. The number of aromatic carboxylic acids is 1. The fourth-order valence-electron chi connectivity index (χ4n) is 1.48. The van der Waals surface area contributed by atoms with Crippen molar-refractivity contribution in [3.63, 3.8) is 0 Å². The number of nitrogens with zero attached hydrogens (tertiary/aromatic N) is 1. The Hall–Kier alpha value is -2.18. The van der Waals surface area contributed by atoms with E-state index < -0.39 is 28.0 Å². The van der Waals surface area contributed by atoms with E-state index >= 15 is 0 Å². The Morgan fingerprint density at radius 3 is 2.55 bits per heavy atom. The van der Waals surface area contributed by atoms with Gasteiger partial charge in [0.1, 0.15) is 5.56 Å². The molecule has 0 spiro atoms. The van der Waals surface area contributed by atoms with Crippen LogP contribution in [0.4, 0.5) is 15.8 Å². The van der Waals surface area contributed by atoms with Crippen LogP contribution in [0.3, 0.4) is 0 Å². The summed E-state index contributed by atoms with van der Waals surface area (Å²) in [6, 6.07) is 1.59. The van der Waals surface area contributed by atoms with Crippen LogP contribution in [-0.4, -0.2) is 22.5 Å². The Bertz CT molecular complexity index is 543. The van der Waals surface area contributed by atoms with E-state index in [2.05, 4.69) is 5.32 Å². The van der Waals surface area contributed by atoms with Crippen molar-refractivity contribution in [2.24, 2.45) is 5.41 Å². The predicted molar refractivity (Wildman–Crippen MR) is 72.6 cm³/mol. The van der Waals surface area contributed by atoms with Gasteiger partial charge >= 0.3 is 5.97 Å². The van der Waals surface area contributed by atoms with E-state index in [1.54, 1.807) is 0 Å². The molecule has 1 aromatic rings. The van der Waals surface area contributed by atoms with Crippen LogP contribution in [0.5, 0.6) is 0 Å². The lowest BCUT2D eigenvalue weighted by molar-refractivity contribution is -0.385. The summed E-state index contributed by atoms with van der Waals surface area (Å²) >= 11 is 0. The topological polar surface area (TPSA) is 92.5 Å². The number of carboxylic acid groups (broad SMARTS) is 1. The van der Waals surface area contributed by atoms with Gasteiger partial charge in [-0.3, -0.25) is 10.1 Å². The number of carboxylic acids is 1. The molecule has 0 amide bonds. The number of nitrogens with one attached hydrogen (secondary N) is 1. The number of carbonyl (C=O) groups is 1. The van der Waals surface area contributed by atoms with Gasteiger partial charge in [-0.15, -0.1) is 0 Å². The second kappa shape index (κ2) is 5.85. The zero-order valence-electron chi connectivity index (χ0n) is 11.6. The Morgan fingerprint density at radius 1 is 1.50 bits per heavy atom. The smallest absolute Gasteiger partial charge is 0.342 e. The Kier molecular flexibility index (Phi) is 4.65. The first-order valence-corrected chi connectivity index (χ1v) is 6.13. The second-order valence-corrected chi connectivity index (χ2v) is 5.28. The van der Waals surface area contributed by atoms with Crippen molar-refractivity contribution in [2.45, 2.75) is 27.2 Å². The van der Waals surface area contributed by atoms with Gasteiger partial charge in [-0.2, -0.15) is 0 Å². The highest BCUT2D eigenvalue weighted by Gasteiger charge is 2.24. The first-order chi connectivity index (χ1) is 9.18. The average Bonchev–Trinajstić information content (AvgIpc) is 2.36. The van der Waals surface area contributed by atoms with E-state index in [1.165, 1.54) is 0 Å². The maximum atomic E-state index is 13.8. The minimum absolute atomic E-state index is 0.0467. The highest BCUT2D eigenvalue weighted by Crippen LogP contribution is 2.28. The molecule has 0 aliphatic carbocycles. The maximum absolute atomic E-state index is 13.8. The molecule has 0 bridgehead atoms. The van der Waals surface area contributed by atoms with E-state index in [0.29, 0.717) is 12.6 Å². The molecule has 0 aliphatic heterocycles. The molecule has 0 aliphatic rings. The van der Waals surface area contributed by atoms with Crippen LogP contribution in [0.1, 0.15) is 37.6 Å². The van der Waals surface area contributed by atoms with E-state index in [0.717, 1.165) is 12.5 Å². The number of halogens is 1. The third-order valence-corrected chi connectivity index (χ3v) is 3.23. The summed E-state index contributed by atoms with van der Waals surface area (Å²) in [6.07, 6.45) is 0.848. The molecule has 2 N–H and O–H groups in total. The molecule has 0 heterocycles. The van der Waals surface area contributed by atoms with Crippen molar-refractivity contribution in [1.82, 2.24) is 0 Å². The van der Waals surface area contributed by atoms with Crippen molar-refractivity contribution < 1.29 is 19.2 Å². The molecule has 0 unspecified atom stereocenters. The predicted octanol–water partition coefficient (Wildman–Crippen LogP) is 3.28. The zero-order chi connectivity index (χ0) is 15.5. The molecular formula is C13H17FN2O4. The summed E-state index contributed by atoms with van der Waals surface area (Å²) in [4.78, 5) is 20.8. The van der Waals surface area contributed by atoms with E-state index in [9.17, 15) is 19.3 Å². The number of benzene rings is 1. The van der Waals surface area contributed by atoms with Crippen molar-refractivity contribution in [3.05, 3.63) is 33.6 Å². The lowest BCUT2D eigenvalue weighted by Crippen LogP contribution is -2.22. The number of hydrogen-bond donors (Lipinski definition) is 2. The fraction of sp³-hybridized carbons (Fsp3) is 0.462. The number of nitro groups is 1. The second-order valence-electron chi connectivity index (χ2n) is 5.28. The monoisotopic (exact) mass is 284 g/mol. The van der Waals surface area contributed by atoms with Crippen molar-refractivity contribution in [2.75, 3.05) is 11.9 Å². The largest absolute Gasteiger partial charge is 0.477 e. The van der Waals surface area contributed by atoms with Crippen LogP contribution in [0.15, 0.2) is 12.1 Å². The summed E-state index contributed by atoms with van der Waals surface area (Å²) in [5, 5.41) is 22.5. The van der Waals surface area contributed by atoms with Gasteiger partial charge < -0.3 is 10.4 Å². The normalized spacial score (nSPS) is 11.2. The number of anilines is 1.